The first kappa shape index (κ1) is 16.8. The fraction of sp³-hybridized carbons (Fsp3) is 0.300. The Balaban J connectivity index is 1.25. The molecule has 1 amide bonds. The molecule has 0 radical (unpaired) electrons. The van der Waals surface area contributed by atoms with Crippen molar-refractivity contribution in [2.75, 3.05) is 24.5 Å². The molecule has 5 nitrogen and oxygen atoms in total. The van der Waals surface area contributed by atoms with Crippen molar-refractivity contribution < 1.29 is 9.53 Å². The fourth-order valence-electron chi connectivity index (χ4n) is 3.18. The van der Waals surface area contributed by atoms with Gasteiger partial charge in [-0.15, -0.1) is 0 Å². The second kappa shape index (κ2) is 7.74. The van der Waals surface area contributed by atoms with Gasteiger partial charge in [0.05, 0.1) is 10.2 Å². The van der Waals surface area contributed by atoms with Gasteiger partial charge >= 0.3 is 6.09 Å². The minimum atomic E-state index is -0.384. The number of rotatable bonds is 4. The second-order valence-corrected chi connectivity index (χ2v) is 7.49. The summed E-state index contributed by atoms with van der Waals surface area (Å²) >= 11 is 1.75. The lowest BCUT2D eigenvalue weighted by Crippen LogP contribution is -2.39. The molecule has 6 heteroatoms. The van der Waals surface area contributed by atoms with Gasteiger partial charge in [0.2, 0.25) is 0 Å². The second-order valence-electron chi connectivity index (χ2n) is 6.48. The molecule has 0 bridgehead atoms. The maximum atomic E-state index is 11.9. The first-order valence-electron chi connectivity index (χ1n) is 8.89. The Hall–Kier alpha value is -2.60. The van der Waals surface area contributed by atoms with Gasteiger partial charge in [-0.1, -0.05) is 41.7 Å². The van der Waals surface area contributed by atoms with E-state index in [2.05, 4.69) is 28.4 Å². The van der Waals surface area contributed by atoms with Gasteiger partial charge in [-0.05, 0) is 43.0 Å². The Labute approximate surface area is 156 Å². The van der Waals surface area contributed by atoms with Gasteiger partial charge in [-0.3, -0.25) is 0 Å². The number of fused-ring (bicyclic) bond motifs is 1. The summed E-state index contributed by atoms with van der Waals surface area (Å²) in [6, 6.07) is 17.4. The van der Waals surface area contributed by atoms with Crippen LogP contribution in [0.1, 0.15) is 12.8 Å². The highest BCUT2D eigenvalue weighted by molar-refractivity contribution is 7.22. The fourth-order valence-corrected chi connectivity index (χ4v) is 4.20. The lowest BCUT2D eigenvalue weighted by molar-refractivity contribution is 0.197. The minimum absolute atomic E-state index is 0.384. The highest BCUT2D eigenvalue weighted by atomic mass is 32.1. The lowest BCUT2D eigenvalue weighted by atomic mass is 9.97. The number of nitrogens with one attached hydrogen (secondary N) is 1. The van der Waals surface area contributed by atoms with Crippen molar-refractivity contribution in [1.82, 2.24) is 10.3 Å². The van der Waals surface area contributed by atoms with Crippen molar-refractivity contribution in [3.63, 3.8) is 0 Å². The predicted octanol–water partition coefficient (Wildman–Crippen LogP) is 4.30. The molecule has 2 heterocycles. The lowest BCUT2D eigenvalue weighted by Gasteiger charge is -2.31. The van der Waals surface area contributed by atoms with Crippen LogP contribution in [0, 0.1) is 5.92 Å². The summed E-state index contributed by atoms with van der Waals surface area (Å²) in [4.78, 5) is 19.0. The van der Waals surface area contributed by atoms with Crippen molar-refractivity contribution in [3.05, 3.63) is 54.6 Å². The summed E-state index contributed by atoms with van der Waals surface area (Å²) in [5, 5.41) is 3.98. The molecule has 1 aliphatic heterocycles. The Morgan fingerprint density at radius 2 is 1.85 bits per heavy atom. The van der Waals surface area contributed by atoms with Crippen molar-refractivity contribution in [2.24, 2.45) is 5.92 Å². The number of anilines is 1. The van der Waals surface area contributed by atoms with E-state index in [1.165, 1.54) is 4.70 Å². The summed E-state index contributed by atoms with van der Waals surface area (Å²) in [6.45, 7) is 2.60. The molecule has 1 N–H and O–H groups in total. The molecule has 1 aromatic heterocycles. The molecule has 26 heavy (non-hydrogen) atoms. The molecule has 1 fully saturated rings. The molecule has 0 spiro atoms. The highest BCUT2D eigenvalue weighted by Crippen LogP contribution is 2.31. The van der Waals surface area contributed by atoms with Crippen LogP contribution in [0.3, 0.4) is 0 Å². The van der Waals surface area contributed by atoms with Crippen LogP contribution in [-0.2, 0) is 0 Å². The number of hydrogen-bond acceptors (Lipinski definition) is 5. The van der Waals surface area contributed by atoms with Crippen LogP contribution >= 0.6 is 11.3 Å². The number of nitrogens with zero attached hydrogens (tertiary/aromatic N) is 2. The van der Waals surface area contributed by atoms with Crippen LogP contribution in [0.5, 0.6) is 5.75 Å². The summed E-state index contributed by atoms with van der Waals surface area (Å²) < 4.78 is 6.49. The zero-order valence-corrected chi connectivity index (χ0v) is 15.2. The Morgan fingerprint density at radius 3 is 2.62 bits per heavy atom. The van der Waals surface area contributed by atoms with E-state index in [-0.39, 0.29) is 6.09 Å². The van der Waals surface area contributed by atoms with Crippen LogP contribution in [0.4, 0.5) is 9.93 Å². The van der Waals surface area contributed by atoms with Gasteiger partial charge in [0.25, 0.3) is 0 Å². The number of benzene rings is 2. The third kappa shape index (κ3) is 3.96. The first-order chi connectivity index (χ1) is 12.8. The SMILES string of the molecule is O=C(NCC1CCN(c2nc3ccccc3s2)CC1)Oc1ccccc1. The van der Waals surface area contributed by atoms with Gasteiger partial charge in [0, 0.05) is 19.6 Å². The number of aromatic nitrogens is 1. The van der Waals surface area contributed by atoms with Crippen molar-refractivity contribution >= 4 is 32.8 Å². The largest absolute Gasteiger partial charge is 0.412 e. The highest BCUT2D eigenvalue weighted by Gasteiger charge is 2.22. The zero-order valence-electron chi connectivity index (χ0n) is 14.4. The van der Waals surface area contributed by atoms with E-state index in [1.807, 2.05) is 24.3 Å². The van der Waals surface area contributed by atoms with Crippen LogP contribution in [0.15, 0.2) is 54.6 Å². The number of carbonyl (C=O) groups is 1. The molecular formula is C20H21N3O2S. The number of amides is 1. The van der Waals surface area contributed by atoms with Gasteiger partial charge in [-0.2, -0.15) is 0 Å². The number of hydrogen-bond donors (Lipinski definition) is 1. The summed E-state index contributed by atoms with van der Waals surface area (Å²) in [6.07, 6.45) is 1.70. The Morgan fingerprint density at radius 1 is 1.12 bits per heavy atom. The summed E-state index contributed by atoms with van der Waals surface area (Å²) in [5.41, 5.74) is 1.07. The van der Waals surface area contributed by atoms with E-state index in [1.54, 1.807) is 23.5 Å². The average molecular weight is 367 g/mol. The molecule has 1 aliphatic rings. The monoisotopic (exact) mass is 367 g/mol. The third-order valence-corrected chi connectivity index (χ3v) is 5.75. The Bertz CT molecular complexity index is 840. The van der Waals surface area contributed by atoms with Gasteiger partial charge in [-0.25, -0.2) is 9.78 Å². The average Bonchev–Trinajstić information content (AvgIpc) is 3.12. The van der Waals surface area contributed by atoms with E-state index in [4.69, 9.17) is 9.72 Å². The summed E-state index contributed by atoms with van der Waals surface area (Å²) in [7, 11) is 0. The number of thiazole rings is 1. The maximum Gasteiger partial charge on any atom is 0.412 e. The third-order valence-electron chi connectivity index (χ3n) is 4.66. The van der Waals surface area contributed by atoms with Gasteiger partial charge < -0.3 is 15.0 Å². The van der Waals surface area contributed by atoms with Crippen molar-refractivity contribution in [1.29, 1.82) is 0 Å². The van der Waals surface area contributed by atoms with Crippen molar-refractivity contribution in [3.8, 4) is 5.75 Å². The maximum absolute atomic E-state index is 11.9. The van der Waals surface area contributed by atoms with Crippen LogP contribution in [-0.4, -0.2) is 30.7 Å². The molecule has 0 atom stereocenters. The first-order valence-corrected chi connectivity index (χ1v) is 9.71. The number of para-hydroxylation sites is 2. The number of piperidine rings is 1. The standard InChI is InChI=1S/C20H21N3O2S/c24-20(25-16-6-2-1-3-7-16)21-14-15-10-12-23(13-11-15)19-22-17-8-4-5-9-18(17)26-19/h1-9,15H,10-14H2,(H,21,24). The smallest absolute Gasteiger partial charge is 0.410 e. The molecule has 0 unspecified atom stereocenters. The molecule has 3 aromatic rings. The zero-order chi connectivity index (χ0) is 17.8. The van der Waals surface area contributed by atoms with Crippen LogP contribution < -0.4 is 15.0 Å². The summed E-state index contributed by atoms with van der Waals surface area (Å²) in [5.74, 6) is 1.04. The van der Waals surface area contributed by atoms with E-state index < -0.39 is 0 Å². The number of ether oxygens (including phenoxy) is 1. The number of carbonyl (C=O) groups excluding carboxylic acids is 1. The predicted molar refractivity (Wildman–Crippen MR) is 105 cm³/mol. The van der Waals surface area contributed by atoms with E-state index in [0.29, 0.717) is 18.2 Å². The van der Waals surface area contributed by atoms with E-state index in [0.717, 1.165) is 36.6 Å². The minimum Gasteiger partial charge on any atom is -0.410 e. The Kier molecular flexibility index (Phi) is 5.02. The molecule has 4 rings (SSSR count). The topological polar surface area (TPSA) is 54.5 Å². The molecule has 1 saturated heterocycles. The molecule has 134 valence electrons. The van der Waals surface area contributed by atoms with Crippen LogP contribution in [0.25, 0.3) is 10.2 Å². The van der Waals surface area contributed by atoms with E-state index in [9.17, 15) is 4.79 Å². The molecule has 0 aliphatic carbocycles. The molecular weight excluding hydrogens is 346 g/mol. The van der Waals surface area contributed by atoms with E-state index >= 15 is 0 Å². The normalized spacial score (nSPS) is 15.2. The molecule has 2 aromatic carbocycles. The molecule has 0 saturated carbocycles. The van der Waals surface area contributed by atoms with Crippen molar-refractivity contribution in [2.45, 2.75) is 12.8 Å². The van der Waals surface area contributed by atoms with Gasteiger partial charge in [0.15, 0.2) is 5.13 Å². The quantitative estimate of drug-likeness (QED) is 0.747. The van der Waals surface area contributed by atoms with Gasteiger partial charge in [0.1, 0.15) is 5.75 Å². The van der Waals surface area contributed by atoms with Crippen LogP contribution in [0.2, 0.25) is 0 Å².